The summed E-state index contributed by atoms with van der Waals surface area (Å²) < 4.78 is 17.4. The molecule has 6 rings (SSSR count). The Labute approximate surface area is 226 Å². The third kappa shape index (κ3) is 4.56. The molecule has 38 heavy (non-hydrogen) atoms. The van der Waals surface area contributed by atoms with Crippen LogP contribution in [-0.4, -0.2) is 20.0 Å². The largest absolute Gasteiger partial charge is 0.493 e. The van der Waals surface area contributed by atoms with Crippen molar-refractivity contribution >= 4 is 22.8 Å². The second-order valence-corrected chi connectivity index (χ2v) is 10.6. The van der Waals surface area contributed by atoms with Gasteiger partial charge < -0.3 is 19.5 Å². The molecule has 4 aromatic rings. The van der Waals surface area contributed by atoms with Crippen LogP contribution in [0.3, 0.4) is 0 Å². The number of allylic oxidation sites excluding steroid dienone is 2. The predicted octanol–water partition coefficient (Wildman–Crippen LogP) is 7.30. The number of thiophene rings is 1. The van der Waals surface area contributed by atoms with Crippen molar-refractivity contribution in [2.75, 3.05) is 19.5 Å². The molecule has 3 aromatic carbocycles. The van der Waals surface area contributed by atoms with Gasteiger partial charge in [0.1, 0.15) is 12.4 Å². The van der Waals surface area contributed by atoms with Crippen molar-refractivity contribution in [2.45, 2.75) is 31.3 Å². The molecule has 2 unspecified atom stereocenters. The molecule has 1 aliphatic carbocycles. The summed E-state index contributed by atoms with van der Waals surface area (Å²) in [5.41, 5.74) is 5.86. The van der Waals surface area contributed by atoms with E-state index in [4.69, 9.17) is 14.2 Å². The van der Waals surface area contributed by atoms with Crippen molar-refractivity contribution in [1.29, 1.82) is 0 Å². The Bertz CT molecular complexity index is 1490. The average molecular weight is 524 g/mol. The van der Waals surface area contributed by atoms with Gasteiger partial charge >= 0.3 is 0 Å². The average Bonchev–Trinajstić information content (AvgIpc) is 3.50. The Morgan fingerprint density at radius 3 is 2.47 bits per heavy atom. The molecule has 2 atom stereocenters. The molecule has 192 valence electrons. The number of ketones is 1. The van der Waals surface area contributed by atoms with Crippen molar-refractivity contribution in [1.82, 2.24) is 0 Å². The number of carbonyl (C=O) groups is 1. The van der Waals surface area contributed by atoms with Crippen LogP contribution in [0.4, 0.5) is 5.69 Å². The Kier molecular flexibility index (Phi) is 6.64. The van der Waals surface area contributed by atoms with E-state index < -0.39 is 0 Å². The second-order valence-electron chi connectivity index (χ2n) is 9.64. The number of rotatable bonds is 7. The van der Waals surface area contributed by atoms with Crippen LogP contribution in [0.25, 0.3) is 0 Å². The molecule has 1 N–H and O–H groups in total. The zero-order valence-electron chi connectivity index (χ0n) is 21.4. The fraction of sp³-hybridized carbons (Fsp3) is 0.219. The van der Waals surface area contributed by atoms with E-state index in [1.807, 2.05) is 54.6 Å². The number of fused-ring (bicyclic) bond motifs is 1. The maximum atomic E-state index is 13.8. The van der Waals surface area contributed by atoms with Gasteiger partial charge in [-0.15, -0.1) is 11.3 Å². The monoisotopic (exact) mass is 523 g/mol. The fourth-order valence-corrected chi connectivity index (χ4v) is 6.37. The highest BCUT2D eigenvalue weighted by atomic mass is 32.1. The first-order valence-corrected chi connectivity index (χ1v) is 13.6. The van der Waals surface area contributed by atoms with Crippen LogP contribution in [0, 0.1) is 0 Å². The Morgan fingerprint density at radius 1 is 0.895 bits per heavy atom. The first-order valence-electron chi connectivity index (χ1n) is 12.7. The van der Waals surface area contributed by atoms with Crippen LogP contribution in [-0.2, 0) is 11.4 Å². The molecule has 0 amide bonds. The molecule has 0 bridgehead atoms. The standard InChI is InChI=1S/C32H29NO4S/c1-35-28-17-24-25(18-29(28)36-2)33-26-15-22(30-12-7-13-38-30)16-27(34)32(26)31(24)21-10-6-11-23(14-21)37-19-20-8-4-3-5-9-20/h3-14,17-18,22,31,33H,15-16,19H2,1-2H3. The molecule has 1 aromatic heterocycles. The maximum Gasteiger partial charge on any atom is 0.162 e. The van der Waals surface area contributed by atoms with Crippen LogP contribution >= 0.6 is 11.3 Å². The molecule has 0 saturated heterocycles. The van der Waals surface area contributed by atoms with Crippen molar-refractivity contribution in [3.05, 3.63) is 117 Å². The number of hydrogen-bond acceptors (Lipinski definition) is 6. The van der Waals surface area contributed by atoms with E-state index in [1.165, 1.54) is 4.88 Å². The van der Waals surface area contributed by atoms with Crippen molar-refractivity contribution in [3.8, 4) is 17.2 Å². The van der Waals surface area contributed by atoms with E-state index in [2.05, 4.69) is 35.0 Å². The van der Waals surface area contributed by atoms with E-state index in [1.54, 1.807) is 25.6 Å². The number of nitrogens with one attached hydrogen (secondary N) is 1. The highest BCUT2D eigenvalue weighted by molar-refractivity contribution is 7.10. The van der Waals surface area contributed by atoms with Crippen LogP contribution in [0.1, 0.15) is 46.2 Å². The van der Waals surface area contributed by atoms with Crippen molar-refractivity contribution < 1.29 is 19.0 Å². The molecule has 2 heterocycles. The van der Waals surface area contributed by atoms with Gasteiger partial charge in [-0.3, -0.25) is 4.79 Å². The van der Waals surface area contributed by atoms with E-state index >= 15 is 0 Å². The summed E-state index contributed by atoms with van der Waals surface area (Å²) >= 11 is 1.71. The van der Waals surface area contributed by atoms with Crippen LogP contribution < -0.4 is 19.5 Å². The molecular weight excluding hydrogens is 494 g/mol. The Hall–Kier alpha value is -4.03. The molecule has 5 nitrogen and oxygen atoms in total. The highest BCUT2D eigenvalue weighted by Crippen LogP contribution is 2.51. The van der Waals surface area contributed by atoms with E-state index in [9.17, 15) is 4.79 Å². The van der Waals surface area contributed by atoms with Gasteiger partial charge in [-0.1, -0.05) is 48.5 Å². The molecule has 0 fully saturated rings. The van der Waals surface area contributed by atoms with Crippen LogP contribution in [0.2, 0.25) is 0 Å². The lowest BCUT2D eigenvalue weighted by atomic mass is 9.73. The lowest BCUT2D eigenvalue weighted by Crippen LogP contribution is -2.29. The van der Waals surface area contributed by atoms with Gasteiger partial charge in [0.15, 0.2) is 17.3 Å². The number of methoxy groups -OCH3 is 2. The number of carbonyl (C=O) groups excluding carboxylic acids is 1. The zero-order chi connectivity index (χ0) is 26.1. The smallest absolute Gasteiger partial charge is 0.162 e. The van der Waals surface area contributed by atoms with Crippen molar-refractivity contribution in [3.63, 3.8) is 0 Å². The first-order chi connectivity index (χ1) is 18.6. The van der Waals surface area contributed by atoms with Crippen LogP contribution in [0.5, 0.6) is 17.2 Å². The Morgan fingerprint density at radius 2 is 1.71 bits per heavy atom. The van der Waals surface area contributed by atoms with Crippen LogP contribution in [0.15, 0.2) is 95.5 Å². The van der Waals surface area contributed by atoms with Gasteiger partial charge in [0.05, 0.1) is 14.2 Å². The number of hydrogen-bond donors (Lipinski definition) is 1. The lowest BCUT2D eigenvalue weighted by Gasteiger charge is -2.37. The summed E-state index contributed by atoms with van der Waals surface area (Å²) in [5, 5.41) is 5.68. The fourth-order valence-electron chi connectivity index (χ4n) is 5.54. The van der Waals surface area contributed by atoms with Crippen molar-refractivity contribution in [2.24, 2.45) is 0 Å². The van der Waals surface area contributed by atoms with Gasteiger partial charge in [0.25, 0.3) is 0 Å². The summed E-state index contributed by atoms with van der Waals surface area (Å²) in [7, 11) is 3.27. The molecule has 0 saturated carbocycles. The SMILES string of the molecule is COc1cc2c(cc1OC)C(c1cccc(OCc3ccccc3)c1)C1=C(CC(c3cccs3)CC1=O)N2. The summed E-state index contributed by atoms with van der Waals surface area (Å²) in [4.78, 5) is 15.1. The number of ether oxygens (including phenoxy) is 3. The number of benzene rings is 3. The summed E-state index contributed by atoms with van der Waals surface area (Å²) in [6, 6.07) is 26.4. The molecular formula is C32H29NO4S. The minimum Gasteiger partial charge on any atom is -0.493 e. The number of anilines is 1. The zero-order valence-corrected chi connectivity index (χ0v) is 22.2. The molecule has 1 aliphatic heterocycles. The minimum absolute atomic E-state index is 0.177. The Balaban J connectivity index is 1.42. The lowest BCUT2D eigenvalue weighted by molar-refractivity contribution is -0.116. The van der Waals surface area contributed by atoms with Gasteiger partial charge in [-0.2, -0.15) is 0 Å². The molecule has 6 heteroatoms. The number of Topliss-reactive ketones (excluding diaryl/α,β-unsaturated/α-hetero) is 1. The maximum absolute atomic E-state index is 13.8. The van der Waals surface area contributed by atoms with E-state index in [0.29, 0.717) is 24.5 Å². The second kappa shape index (κ2) is 10.4. The summed E-state index contributed by atoms with van der Waals surface area (Å²) in [6.45, 7) is 0.480. The third-order valence-corrected chi connectivity index (χ3v) is 8.37. The highest BCUT2D eigenvalue weighted by Gasteiger charge is 2.39. The summed E-state index contributed by atoms with van der Waals surface area (Å²) in [5.74, 6) is 2.18. The topological polar surface area (TPSA) is 56.8 Å². The van der Waals surface area contributed by atoms with Gasteiger partial charge in [0.2, 0.25) is 0 Å². The van der Waals surface area contributed by atoms with E-state index in [-0.39, 0.29) is 17.6 Å². The van der Waals surface area contributed by atoms with Gasteiger partial charge in [-0.05, 0) is 52.8 Å². The molecule has 2 aliphatic rings. The minimum atomic E-state index is -0.238. The molecule has 0 radical (unpaired) electrons. The normalized spacial score (nSPS) is 18.3. The quantitative estimate of drug-likeness (QED) is 0.275. The third-order valence-electron chi connectivity index (χ3n) is 7.33. The first kappa shape index (κ1) is 24.3. The van der Waals surface area contributed by atoms with Gasteiger partial charge in [-0.25, -0.2) is 0 Å². The van der Waals surface area contributed by atoms with Gasteiger partial charge in [0, 0.05) is 46.2 Å². The predicted molar refractivity (Wildman–Crippen MR) is 151 cm³/mol. The molecule has 0 spiro atoms. The summed E-state index contributed by atoms with van der Waals surface area (Å²) in [6.07, 6.45) is 1.29. The van der Waals surface area contributed by atoms with E-state index in [0.717, 1.165) is 45.8 Å².